The van der Waals surface area contributed by atoms with E-state index in [0.29, 0.717) is 0 Å². The zero-order valence-corrected chi connectivity index (χ0v) is 7.65. The lowest BCUT2D eigenvalue weighted by molar-refractivity contribution is 0.0675. The largest absolute Gasteiger partial charge is 0.378 e. The van der Waals surface area contributed by atoms with Gasteiger partial charge in [-0.25, -0.2) is 4.99 Å². The number of hydrogen-bond donors (Lipinski definition) is 0. The molecule has 0 spiro atoms. The number of ether oxygens (including phenoxy) is 1. The first kappa shape index (κ1) is 8.51. The molecule has 0 aromatic rings. The number of allylic oxidation sites excluding steroid dienone is 2. The summed E-state index contributed by atoms with van der Waals surface area (Å²) in [5.74, 6) is 1.16. The molecule has 0 unspecified atom stereocenters. The Balaban J connectivity index is 2.01. The molecule has 2 rings (SSSR count). The summed E-state index contributed by atoms with van der Waals surface area (Å²) in [5, 5.41) is 0. The lowest BCUT2D eigenvalue weighted by atomic mass is 10.3. The van der Waals surface area contributed by atoms with E-state index in [1.807, 2.05) is 18.4 Å². The Morgan fingerprint density at radius 1 is 1.23 bits per heavy atom. The van der Waals surface area contributed by atoms with Gasteiger partial charge in [0.25, 0.3) is 0 Å². The topological polar surface area (TPSA) is 24.8 Å². The van der Waals surface area contributed by atoms with Crippen LogP contribution in [0.1, 0.15) is 6.42 Å². The Bertz CT molecular complexity index is 250. The Labute approximate surface area is 78.4 Å². The minimum atomic E-state index is 0.826. The van der Waals surface area contributed by atoms with Crippen molar-refractivity contribution in [3.63, 3.8) is 0 Å². The summed E-state index contributed by atoms with van der Waals surface area (Å²) in [7, 11) is 0. The highest BCUT2D eigenvalue weighted by molar-refractivity contribution is 5.84. The maximum atomic E-state index is 5.29. The molecule has 0 atom stereocenters. The van der Waals surface area contributed by atoms with E-state index in [-0.39, 0.29) is 0 Å². The van der Waals surface area contributed by atoms with E-state index < -0.39 is 0 Å². The van der Waals surface area contributed by atoms with E-state index in [1.165, 1.54) is 0 Å². The number of nitrogens with zero attached hydrogens (tertiary/aromatic N) is 2. The average molecular weight is 178 g/mol. The van der Waals surface area contributed by atoms with Crippen LogP contribution < -0.4 is 0 Å². The summed E-state index contributed by atoms with van der Waals surface area (Å²) in [6, 6.07) is 0. The second-order valence-corrected chi connectivity index (χ2v) is 3.12. The number of hydrogen-bond acceptors (Lipinski definition) is 3. The third kappa shape index (κ3) is 2.18. The first-order valence-electron chi connectivity index (χ1n) is 4.68. The van der Waals surface area contributed by atoms with Gasteiger partial charge in [0.15, 0.2) is 0 Å². The second kappa shape index (κ2) is 4.23. The predicted molar refractivity (Wildman–Crippen MR) is 52.7 cm³/mol. The maximum absolute atomic E-state index is 5.29. The van der Waals surface area contributed by atoms with Crippen molar-refractivity contribution in [2.75, 3.05) is 26.3 Å². The van der Waals surface area contributed by atoms with Crippen LogP contribution in [-0.2, 0) is 4.74 Å². The lowest BCUT2D eigenvalue weighted by Gasteiger charge is -2.29. The van der Waals surface area contributed by atoms with Crippen molar-refractivity contribution in [1.82, 2.24) is 4.90 Å². The van der Waals surface area contributed by atoms with Gasteiger partial charge in [-0.2, -0.15) is 0 Å². The molecule has 70 valence electrons. The molecule has 0 amide bonds. The normalized spacial score (nSPS) is 22.8. The van der Waals surface area contributed by atoms with E-state index in [4.69, 9.17) is 4.74 Å². The van der Waals surface area contributed by atoms with E-state index in [2.05, 4.69) is 16.0 Å². The minimum absolute atomic E-state index is 0.826. The van der Waals surface area contributed by atoms with Crippen LogP contribution in [0.3, 0.4) is 0 Å². The highest BCUT2D eigenvalue weighted by atomic mass is 16.5. The first-order chi connectivity index (χ1) is 6.47. The summed E-state index contributed by atoms with van der Waals surface area (Å²) in [5.41, 5.74) is 0. The Morgan fingerprint density at radius 2 is 2.08 bits per heavy atom. The molecule has 0 bridgehead atoms. The molecule has 0 aromatic carbocycles. The minimum Gasteiger partial charge on any atom is -0.378 e. The van der Waals surface area contributed by atoms with Crippen LogP contribution in [0.15, 0.2) is 29.4 Å². The Kier molecular flexibility index (Phi) is 2.77. The van der Waals surface area contributed by atoms with Gasteiger partial charge in [0.05, 0.1) is 13.2 Å². The summed E-state index contributed by atoms with van der Waals surface area (Å²) < 4.78 is 5.29. The third-order valence-electron chi connectivity index (χ3n) is 2.23. The number of aliphatic imine (C=N–C) groups is 1. The predicted octanol–water partition coefficient (Wildman–Crippen LogP) is 1.19. The monoisotopic (exact) mass is 178 g/mol. The van der Waals surface area contributed by atoms with Gasteiger partial charge in [0.2, 0.25) is 0 Å². The molecule has 2 aliphatic rings. The fourth-order valence-corrected chi connectivity index (χ4v) is 1.52. The zero-order valence-electron chi connectivity index (χ0n) is 7.65. The van der Waals surface area contributed by atoms with Gasteiger partial charge in [-0.15, -0.1) is 0 Å². The van der Waals surface area contributed by atoms with Crippen LogP contribution in [0.2, 0.25) is 0 Å². The molecule has 3 heteroatoms. The van der Waals surface area contributed by atoms with Crippen LogP contribution in [0, 0.1) is 0 Å². The van der Waals surface area contributed by atoms with Gasteiger partial charge in [0, 0.05) is 25.7 Å². The molecular formula is C10H14N2O. The van der Waals surface area contributed by atoms with Gasteiger partial charge in [-0.3, -0.25) is 0 Å². The highest BCUT2D eigenvalue weighted by Crippen LogP contribution is 2.05. The van der Waals surface area contributed by atoms with Crippen molar-refractivity contribution in [2.24, 2.45) is 4.99 Å². The molecule has 13 heavy (non-hydrogen) atoms. The van der Waals surface area contributed by atoms with Crippen LogP contribution in [0.5, 0.6) is 0 Å². The average Bonchev–Trinajstić information content (AvgIpc) is 2.47. The summed E-state index contributed by atoms with van der Waals surface area (Å²) in [6.07, 6.45) is 8.93. The maximum Gasteiger partial charge on any atom is 0.108 e. The van der Waals surface area contributed by atoms with Gasteiger partial charge < -0.3 is 9.64 Å². The van der Waals surface area contributed by atoms with Crippen LogP contribution >= 0.6 is 0 Å². The van der Waals surface area contributed by atoms with E-state index in [1.54, 1.807) is 0 Å². The van der Waals surface area contributed by atoms with Crippen molar-refractivity contribution in [1.29, 1.82) is 0 Å². The smallest absolute Gasteiger partial charge is 0.108 e. The number of rotatable bonds is 0. The third-order valence-corrected chi connectivity index (χ3v) is 2.23. The fraction of sp³-hybridized carbons (Fsp3) is 0.500. The Hall–Kier alpha value is -1.09. The van der Waals surface area contributed by atoms with Crippen molar-refractivity contribution < 1.29 is 4.74 Å². The fourth-order valence-electron chi connectivity index (χ4n) is 1.52. The number of amidine groups is 1. The van der Waals surface area contributed by atoms with E-state index in [0.717, 1.165) is 38.6 Å². The molecule has 1 saturated heterocycles. The van der Waals surface area contributed by atoms with Gasteiger partial charge in [0.1, 0.15) is 5.84 Å². The number of morpholine rings is 1. The Morgan fingerprint density at radius 3 is 2.92 bits per heavy atom. The van der Waals surface area contributed by atoms with Gasteiger partial charge in [-0.1, -0.05) is 12.2 Å². The highest BCUT2D eigenvalue weighted by Gasteiger charge is 2.13. The molecule has 3 nitrogen and oxygen atoms in total. The molecular weight excluding hydrogens is 164 g/mol. The molecule has 0 radical (unpaired) electrons. The van der Waals surface area contributed by atoms with Gasteiger partial charge >= 0.3 is 0 Å². The molecule has 1 fully saturated rings. The molecule has 0 aliphatic carbocycles. The molecule has 0 aromatic heterocycles. The van der Waals surface area contributed by atoms with Crippen LogP contribution in [-0.4, -0.2) is 37.0 Å². The molecule has 2 heterocycles. The van der Waals surface area contributed by atoms with Crippen molar-refractivity contribution in [3.8, 4) is 0 Å². The van der Waals surface area contributed by atoms with E-state index in [9.17, 15) is 0 Å². The standard InChI is InChI=1S/C10H14N2O/c1-2-4-10(11-5-3-1)12-6-8-13-9-7-12/h1-3,5H,4,6-9H2. The van der Waals surface area contributed by atoms with Crippen molar-refractivity contribution >= 4 is 5.84 Å². The molecule has 2 aliphatic heterocycles. The first-order valence-corrected chi connectivity index (χ1v) is 4.68. The molecule has 0 N–H and O–H groups in total. The van der Waals surface area contributed by atoms with Crippen molar-refractivity contribution in [2.45, 2.75) is 6.42 Å². The SMILES string of the molecule is C1=CCC(N2CCOCC2)=NC=C1. The van der Waals surface area contributed by atoms with E-state index >= 15 is 0 Å². The van der Waals surface area contributed by atoms with Gasteiger partial charge in [-0.05, 0) is 6.08 Å². The quantitative estimate of drug-likeness (QED) is 0.556. The molecule has 0 saturated carbocycles. The summed E-state index contributed by atoms with van der Waals surface area (Å²) >= 11 is 0. The zero-order chi connectivity index (χ0) is 8.93. The van der Waals surface area contributed by atoms with Crippen molar-refractivity contribution in [3.05, 3.63) is 24.4 Å². The summed E-state index contributed by atoms with van der Waals surface area (Å²) in [4.78, 5) is 6.69. The second-order valence-electron chi connectivity index (χ2n) is 3.12. The lowest BCUT2D eigenvalue weighted by Crippen LogP contribution is -2.40. The van der Waals surface area contributed by atoms with Crippen LogP contribution in [0.4, 0.5) is 0 Å². The summed E-state index contributed by atoms with van der Waals surface area (Å²) in [6.45, 7) is 3.60. The van der Waals surface area contributed by atoms with Crippen LogP contribution in [0.25, 0.3) is 0 Å².